The zero-order valence-electron chi connectivity index (χ0n) is 5.61. The van der Waals surface area contributed by atoms with Crippen LogP contribution in [0.5, 0.6) is 0 Å². The number of nitrogen functional groups attached to an aromatic ring is 1. The van der Waals surface area contributed by atoms with Crippen molar-refractivity contribution in [3.63, 3.8) is 0 Å². The summed E-state index contributed by atoms with van der Waals surface area (Å²) in [6.45, 7) is 0. The number of nitrogens with two attached hydrogens (primary N) is 1. The Morgan fingerprint density at radius 2 is 2.45 bits per heavy atom. The second-order valence-corrected chi connectivity index (χ2v) is 1.99. The summed E-state index contributed by atoms with van der Waals surface area (Å²) in [5, 5.41) is 0. The van der Waals surface area contributed by atoms with E-state index in [9.17, 15) is 0 Å². The third kappa shape index (κ3) is 0.908. The molecule has 0 bridgehead atoms. The van der Waals surface area contributed by atoms with Gasteiger partial charge in [0.15, 0.2) is 0 Å². The molecule has 5 nitrogen and oxygen atoms in total. The van der Waals surface area contributed by atoms with Crippen LogP contribution in [0.3, 0.4) is 0 Å². The standard InChI is InChI=1S/C6H6N4O/c7-10-6-9-4-2-1-3-8-5(4)11-6/h1-3H,7H2,(H,9,10). The molecule has 0 amide bonds. The van der Waals surface area contributed by atoms with Crippen LogP contribution in [-0.2, 0) is 0 Å². The van der Waals surface area contributed by atoms with Crippen molar-refractivity contribution in [2.45, 2.75) is 0 Å². The Labute approximate surface area is 62.2 Å². The van der Waals surface area contributed by atoms with Gasteiger partial charge in [0.25, 0.3) is 0 Å². The number of nitrogens with one attached hydrogen (secondary N) is 1. The summed E-state index contributed by atoms with van der Waals surface area (Å²) in [6.07, 6.45) is 1.63. The minimum absolute atomic E-state index is 0.277. The molecule has 5 heteroatoms. The monoisotopic (exact) mass is 150 g/mol. The van der Waals surface area contributed by atoms with E-state index >= 15 is 0 Å². The highest BCUT2D eigenvalue weighted by molar-refractivity contribution is 5.69. The average molecular weight is 150 g/mol. The Bertz CT molecular complexity index is 336. The summed E-state index contributed by atoms with van der Waals surface area (Å²) in [6, 6.07) is 3.86. The molecule has 0 spiro atoms. The highest BCUT2D eigenvalue weighted by atomic mass is 16.4. The van der Waals surface area contributed by atoms with Gasteiger partial charge in [0.1, 0.15) is 5.52 Å². The number of anilines is 1. The summed E-state index contributed by atoms with van der Waals surface area (Å²) in [4.78, 5) is 7.89. The summed E-state index contributed by atoms with van der Waals surface area (Å²) in [7, 11) is 0. The van der Waals surface area contributed by atoms with Gasteiger partial charge in [-0.05, 0) is 12.1 Å². The molecular weight excluding hydrogens is 144 g/mol. The molecule has 2 rings (SSSR count). The number of pyridine rings is 1. The van der Waals surface area contributed by atoms with Gasteiger partial charge < -0.3 is 4.42 Å². The van der Waals surface area contributed by atoms with Gasteiger partial charge in [-0.1, -0.05) is 0 Å². The van der Waals surface area contributed by atoms with E-state index in [-0.39, 0.29) is 6.01 Å². The predicted octanol–water partition coefficient (Wildman–Crippen LogP) is 0.508. The second-order valence-electron chi connectivity index (χ2n) is 1.99. The van der Waals surface area contributed by atoms with Gasteiger partial charge >= 0.3 is 6.01 Å². The highest BCUT2D eigenvalue weighted by Gasteiger charge is 2.02. The van der Waals surface area contributed by atoms with Gasteiger partial charge in [-0.2, -0.15) is 4.98 Å². The van der Waals surface area contributed by atoms with Gasteiger partial charge in [0, 0.05) is 6.20 Å². The minimum Gasteiger partial charge on any atom is -0.403 e. The average Bonchev–Trinajstić information content (AvgIpc) is 2.46. The zero-order chi connectivity index (χ0) is 7.68. The molecule has 0 aromatic carbocycles. The quantitative estimate of drug-likeness (QED) is 0.457. The van der Waals surface area contributed by atoms with Crippen molar-refractivity contribution in [2.75, 3.05) is 5.43 Å². The molecule has 56 valence electrons. The summed E-state index contributed by atoms with van der Waals surface area (Å²) < 4.78 is 5.06. The molecule has 0 aliphatic heterocycles. The molecule has 0 aliphatic rings. The van der Waals surface area contributed by atoms with E-state index in [2.05, 4.69) is 15.4 Å². The van der Waals surface area contributed by atoms with E-state index in [1.165, 1.54) is 0 Å². The van der Waals surface area contributed by atoms with E-state index in [1.807, 2.05) is 0 Å². The van der Waals surface area contributed by atoms with E-state index < -0.39 is 0 Å². The number of hydrogen-bond acceptors (Lipinski definition) is 5. The first-order valence-electron chi connectivity index (χ1n) is 3.08. The smallest absolute Gasteiger partial charge is 0.311 e. The largest absolute Gasteiger partial charge is 0.403 e. The minimum atomic E-state index is 0.277. The summed E-state index contributed by atoms with van der Waals surface area (Å²) in [5.74, 6) is 5.08. The molecule has 0 aliphatic carbocycles. The fourth-order valence-corrected chi connectivity index (χ4v) is 0.832. The lowest BCUT2D eigenvalue weighted by Gasteiger charge is -1.84. The van der Waals surface area contributed by atoms with Gasteiger partial charge in [0.2, 0.25) is 5.71 Å². The SMILES string of the molecule is NNc1nc2cccnc2o1. The Morgan fingerprint density at radius 3 is 3.18 bits per heavy atom. The number of oxazole rings is 1. The molecule has 3 N–H and O–H groups in total. The van der Waals surface area contributed by atoms with Crippen LogP contribution in [0.1, 0.15) is 0 Å². The maximum absolute atomic E-state index is 5.08. The van der Waals surface area contributed by atoms with E-state index in [0.29, 0.717) is 11.2 Å². The lowest BCUT2D eigenvalue weighted by Crippen LogP contribution is -2.06. The van der Waals surface area contributed by atoms with Gasteiger partial charge in [-0.15, -0.1) is 0 Å². The van der Waals surface area contributed by atoms with Crippen LogP contribution in [0.4, 0.5) is 6.01 Å². The number of hydrazine groups is 1. The molecule has 2 aromatic heterocycles. The molecule has 0 fully saturated rings. The molecule has 11 heavy (non-hydrogen) atoms. The molecule has 0 saturated carbocycles. The van der Waals surface area contributed by atoms with Gasteiger partial charge in [0.05, 0.1) is 0 Å². The summed E-state index contributed by atoms with van der Waals surface area (Å²) in [5.41, 5.74) is 3.48. The van der Waals surface area contributed by atoms with Crippen molar-refractivity contribution in [1.82, 2.24) is 9.97 Å². The van der Waals surface area contributed by atoms with Crippen molar-refractivity contribution in [1.29, 1.82) is 0 Å². The number of nitrogens with zero attached hydrogens (tertiary/aromatic N) is 2. The van der Waals surface area contributed by atoms with Gasteiger partial charge in [-0.3, -0.25) is 5.43 Å². The van der Waals surface area contributed by atoms with E-state index in [0.717, 1.165) is 0 Å². The van der Waals surface area contributed by atoms with Gasteiger partial charge in [-0.25, -0.2) is 10.8 Å². The van der Waals surface area contributed by atoms with Crippen LogP contribution in [-0.4, -0.2) is 9.97 Å². The van der Waals surface area contributed by atoms with Crippen LogP contribution in [0, 0.1) is 0 Å². The zero-order valence-corrected chi connectivity index (χ0v) is 5.61. The lowest BCUT2D eigenvalue weighted by atomic mass is 10.5. The Balaban J connectivity index is 2.69. The number of aromatic nitrogens is 2. The van der Waals surface area contributed by atoms with Crippen molar-refractivity contribution >= 4 is 17.2 Å². The maximum Gasteiger partial charge on any atom is 0.311 e. The molecule has 0 radical (unpaired) electrons. The van der Waals surface area contributed by atoms with Crippen LogP contribution in [0.15, 0.2) is 22.7 Å². The van der Waals surface area contributed by atoms with Crippen molar-refractivity contribution in [3.8, 4) is 0 Å². The first-order valence-corrected chi connectivity index (χ1v) is 3.08. The third-order valence-corrected chi connectivity index (χ3v) is 1.29. The normalized spacial score (nSPS) is 10.3. The van der Waals surface area contributed by atoms with Crippen molar-refractivity contribution in [2.24, 2.45) is 5.84 Å². The molecule has 0 unspecified atom stereocenters. The Kier molecular flexibility index (Phi) is 1.23. The Morgan fingerprint density at radius 1 is 1.55 bits per heavy atom. The first-order chi connectivity index (χ1) is 5.40. The maximum atomic E-state index is 5.08. The third-order valence-electron chi connectivity index (χ3n) is 1.29. The lowest BCUT2D eigenvalue weighted by molar-refractivity contribution is 0.605. The highest BCUT2D eigenvalue weighted by Crippen LogP contribution is 2.13. The van der Waals surface area contributed by atoms with E-state index in [1.54, 1.807) is 18.3 Å². The molecule has 0 saturated heterocycles. The second kappa shape index (κ2) is 2.21. The van der Waals surface area contributed by atoms with E-state index in [4.69, 9.17) is 10.3 Å². The number of hydrogen-bond donors (Lipinski definition) is 2. The number of rotatable bonds is 1. The van der Waals surface area contributed by atoms with Crippen LogP contribution in [0.2, 0.25) is 0 Å². The number of fused-ring (bicyclic) bond motifs is 1. The van der Waals surface area contributed by atoms with Crippen LogP contribution >= 0.6 is 0 Å². The fraction of sp³-hybridized carbons (Fsp3) is 0. The van der Waals surface area contributed by atoms with Crippen molar-refractivity contribution in [3.05, 3.63) is 18.3 Å². The fourth-order valence-electron chi connectivity index (χ4n) is 0.832. The predicted molar refractivity (Wildman–Crippen MR) is 39.6 cm³/mol. The molecule has 0 atom stereocenters. The summed E-state index contributed by atoms with van der Waals surface area (Å²) >= 11 is 0. The molecule has 2 heterocycles. The van der Waals surface area contributed by atoms with Crippen LogP contribution < -0.4 is 11.3 Å². The first kappa shape index (κ1) is 6.11. The van der Waals surface area contributed by atoms with Crippen LogP contribution in [0.25, 0.3) is 11.2 Å². The molecule has 2 aromatic rings. The van der Waals surface area contributed by atoms with Crippen molar-refractivity contribution < 1.29 is 4.42 Å². The molecular formula is C6H6N4O. The Hall–Kier alpha value is -1.62. The topological polar surface area (TPSA) is 77.0 Å².